The monoisotopic (exact) mass is 273 g/mol. The minimum Gasteiger partial charge on any atom is -0.464 e. The Kier molecular flexibility index (Phi) is 3.57. The molecule has 7 heteroatoms. The average Bonchev–Trinajstić information content (AvgIpc) is 2.86. The quantitative estimate of drug-likeness (QED) is 0.777. The fourth-order valence-corrected chi connectivity index (χ4v) is 1.61. The van der Waals surface area contributed by atoms with E-state index in [-0.39, 0.29) is 12.3 Å². The van der Waals surface area contributed by atoms with Crippen molar-refractivity contribution < 1.29 is 27.4 Å². The molecule has 1 atom stereocenters. The van der Waals surface area contributed by atoms with E-state index in [0.29, 0.717) is 5.56 Å². The summed E-state index contributed by atoms with van der Waals surface area (Å²) in [5.41, 5.74) is -0.175. The lowest BCUT2D eigenvalue weighted by Gasteiger charge is -2.10. The molecule has 0 aromatic heterocycles. The Hall–Kier alpha value is -1.89. The minimum atomic E-state index is -4.38. The normalized spacial score (nSPS) is 19.2. The standard InChI is InChI=1S/C12H10F3NO3/c1-18-11(17)9-6-19-10(16-9)7-2-4-8(5-3-7)12(13,14)15/h2-5,10H,6H2,1H3. The zero-order valence-corrected chi connectivity index (χ0v) is 9.90. The first-order valence-electron chi connectivity index (χ1n) is 5.35. The van der Waals surface area contributed by atoms with E-state index < -0.39 is 23.9 Å². The van der Waals surface area contributed by atoms with Gasteiger partial charge in [0, 0.05) is 5.56 Å². The second-order valence-electron chi connectivity index (χ2n) is 3.85. The molecule has 0 spiro atoms. The summed E-state index contributed by atoms with van der Waals surface area (Å²) in [7, 11) is 1.22. The molecule has 19 heavy (non-hydrogen) atoms. The molecule has 1 aromatic rings. The highest BCUT2D eigenvalue weighted by atomic mass is 19.4. The molecule has 0 N–H and O–H groups in total. The number of methoxy groups -OCH3 is 1. The van der Waals surface area contributed by atoms with Crippen molar-refractivity contribution in [1.29, 1.82) is 0 Å². The first-order chi connectivity index (χ1) is 8.91. The summed E-state index contributed by atoms with van der Waals surface area (Å²) in [4.78, 5) is 15.2. The maximum atomic E-state index is 12.4. The van der Waals surface area contributed by atoms with Crippen LogP contribution in [0, 0.1) is 0 Å². The van der Waals surface area contributed by atoms with Crippen LogP contribution in [0.25, 0.3) is 0 Å². The summed E-state index contributed by atoms with van der Waals surface area (Å²) in [5.74, 6) is -0.602. The Morgan fingerprint density at radius 3 is 2.53 bits per heavy atom. The van der Waals surface area contributed by atoms with E-state index >= 15 is 0 Å². The number of hydrogen-bond acceptors (Lipinski definition) is 4. The number of rotatable bonds is 2. The van der Waals surface area contributed by atoms with Gasteiger partial charge in [-0.05, 0) is 12.1 Å². The summed E-state index contributed by atoms with van der Waals surface area (Å²) >= 11 is 0. The van der Waals surface area contributed by atoms with E-state index in [4.69, 9.17) is 4.74 Å². The Bertz CT molecular complexity index is 508. The zero-order chi connectivity index (χ0) is 14.0. The third kappa shape index (κ3) is 2.93. The molecule has 0 radical (unpaired) electrons. The van der Waals surface area contributed by atoms with Gasteiger partial charge in [-0.15, -0.1) is 0 Å². The highest BCUT2D eigenvalue weighted by Gasteiger charge is 2.31. The second kappa shape index (κ2) is 5.00. The fraction of sp³-hybridized carbons (Fsp3) is 0.333. The fourth-order valence-electron chi connectivity index (χ4n) is 1.61. The van der Waals surface area contributed by atoms with Crippen molar-refractivity contribution in [2.24, 2.45) is 4.99 Å². The number of hydrogen-bond donors (Lipinski definition) is 0. The van der Waals surface area contributed by atoms with Crippen LogP contribution in [0.2, 0.25) is 0 Å². The van der Waals surface area contributed by atoms with Crippen molar-refractivity contribution >= 4 is 11.7 Å². The number of nitrogens with zero attached hydrogens (tertiary/aromatic N) is 1. The molecule has 0 saturated carbocycles. The third-order valence-electron chi connectivity index (χ3n) is 2.60. The highest BCUT2D eigenvalue weighted by Crippen LogP contribution is 2.31. The molecule has 0 bridgehead atoms. The van der Waals surface area contributed by atoms with Gasteiger partial charge >= 0.3 is 12.1 Å². The van der Waals surface area contributed by atoms with E-state index in [1.54, 1.807) is 0 Å². The number of carbonyl (C=O) groups is 1. The largest absolute Gasteiger partial charge is 0.464 e. The third-order valence-corrected chi connectivity index (χ3v) is 2.60. The summed E-state index contributed by atoms with van der Waals surface area (Å²) < 4.78 is 46.9. The maximum absolute atomic E-state index is 12.4. The van der Waals surface area contributed by atoms with Crippen LogP contribution in [-0.2, 0) is 20.4 Å². The van der Waals surface area contributed by atoms with Gasteiger partial charge in [-0.1, -0.05) is 12.1 Å². The number of carbonyl (C=O) groups excluding carboxylic acids is 1. The molecule has 102 valence electrons. The maximum Gasteiger partial charge on any atom is 0.416 e. The Balaban J connectivity index is 2.16. The lowest BCUT2D eigenvalue weighted by atomic mass is 10.1. The van der Waals surface area contributed by atoms with Gasteiger partial charge in [0.1, 0.15) is 5.71 Å². The number of ether oxygens (including phenoxy) is 2. The van der Waals surface area contributed by atoms with E-state index in [0.717, 1.165) is 12.1 Å². The molecule has 0 amide bonds. The first kappa shape index (κ1) is 13.5. The SMILES string of the molecule is COC(=O)C1=NC(c2ccc(C(F)(F)F)cc2)OC1. The number of alkyl halides is 3. The smallest absolute Gasteiger partial charge is 0.416 e. The molecule has 2 rings (SSSR count). The van der Waals surface area contributed by atoms with Crippen LogP contribution in [-0.4, -0.2) is 25.4 Å². The van der Waals surface area contributed by atoms with Crippen LogP contribution < -0.4 is 0 Å². The molecule has 0 fully saturated rings. The van der Waals surface area contributed by atoms with Crippen LogP contribution in [0.15, 0.2) is 29.3 Å². The van der Waals surface area contributed by atoms with Gasteiger partial charge in [0.25, 0.3) is 0 Å². The molecule has 4 nitrogen and oxygen atoms in total. The molecule has 0 saturated heterocycles. The molecule has 0 aliphatic carbocycles. The predicted molar refractivity (Wildman–Crippen MR) is 59.6 cm³/mol. The van der Waals surface area contributed by atoms with Gasteiger partial charge in [-0.2, -0.15) is 13.2 Å². The molecule has 1 aliphatic rings. The second-order valence-corrected chi connectivity index (χ2v) is 3.85. The Labute approximate surface area is 106 Å². The number of halogens is 3. The molecule has 1 unspecified atom stereocenters. The average molecular weight is 273 g/mol. The van der Waals surface area contributed by atoms with E-state index in [2.05, 4.69) is 9.73 Å². The molecule has 1 aliphatic heterocycles. The highest BCUT2D eigenvalue weighted by molar-refractivity contribution is 6.37. The molecule has 1 heterocycles. The van der Waals surface area contributed by atoms with Crippen molar-refractivity contribution in [2.45, 2.75) is 12.4 Å². The van der Waals surface area contributed by atoms with Gasteiger partial charge in [-0.3, -0.25) is 0 Å². The molecular weight excluding hydrogens is 263 g/mol. The number of esters is 1. The number of benzene rings is 1. The van der Waals surface area contributed by atoms with Gasteiger partial charge in [-0.25, -0.2) is 9.79 Å². The van der Waals surface area contributed by atoms with Crippen LogP contribution in [0.1, 0.15) is 17.4 Å². The molecule has 1 aromatic carbocycles. The van der Waals surface area contributed by atoms with E-state index in [1.807, 2.05) is 0 Å². The Morgan fingerprint density at radius 1 is 1.37 bits per heavy atom. The summed E-state index contributed by atoms with van der Waals surface area (Å²) in [6, 6.07) is 4.45. The van der Waals surface area contributed by atoms with Crippen molar-refractivity contribution in [1.82, 2.24) is 0 Å². The van der Waals surface area contributed by atoms with Crippen molar-refractivity contribution in [3.63, 3.8) is 0 Å². The van der Waals surface area contributed by atoms with E-state index in [9.17, 15) is 18.0 Å². The van der Waals surface area contributed by atoms with Gasteiger partial charge in [0.15, 0.2) is 6.23 Å². The van der Waals surface area contributed by atoms with Gasteiger partial charge < -0.3 is 9.47 Å². The summed E-state index contributed by atoms with van der Waals surface area (Å²) in [6.45, 7) is -0.0155. The van der Waals surface area contributed by atoms with Crippen LogP contribution >= 0.6 is 0 Å². The summed E-state index contributed by atoms with van der Waals surface area (Å²) in [6.07, 6.45) is -5.15. The lowest BCUT2D eigenvalue weighted by molar-refractivity contribution is -0.137. The van der Waals surface area contributed by atoms with Crippen molar-refractivity contribution in [2.75, 3.05) is 13.7 Å². The van der Waals surface area contributed by atoms with Gasteiger partial charge in [0.2, 0.25) is 0 Å². The lowest BCUT2D eigenvalue weighted by Crippen LogP contribution is -2.16. The van der Waals surface area contributed by atoms with Gasteiger partial charge in [0.05, 0.1) is 19.3 Å². The Morgan fingerprint density at radius 2 is 2.00 bits per heavy atom. The zero-order valence-electron chi connectivity index (χ0n) is 9.90. The molecular formula is C12H10F3NO3. The van der Waals surface area contributed by atoms with E-state index in [1.165, 1.54) is 19.2 Å². The summed E-state index contributed by atoms with van der Waals surface area (Å²) in [5, 5.41) is 0. The minimum absolute atomic E-state index is 0.0155. The topological polar surface area (TPSA) is 47.9 Å². The van der Waals surface area contributed by atoms with Crippen LogP contribution in [0.5, 0.6) is 0 Å². The van der Waals surface area contributed by atoms with Crippen molar-refractivity contribution in [3.05, 3.63) is 35.4 Å². The van der Waals surface area contributed by atoms with Crippen molar-refractivity contribution in [3.8, 4) is 0 Å². The number of aliphatic imine (C=N–C) groups is 1. The first-order valence-corrected chi connectivity index (χ1v) is 5.35. The van der Waals surface area contributed by atoms with Crippen LogP contribution in [0.3, 0.4) is 0 Å². The van der Waals surface area contributed by atoms with Crippen LogP contribution in [0.4, 0.5) is 13.2 Å². The predicted octanol–water partition coefficient (Wildman–Crippen LogP) is 2.35.